The molecule has 0 radical (unpaired) electrons. The van der Waals surface area contributed by atoms with Crippen LogP contribution in [0.1, 0.15) is 6.92 Å². The lowest BCUT2D eigenvalue weighted by atomic mass is 10.3. The number of amides is 3. The van der Waals surface area contributed by atoms with E-state index in [1.165, 1.54) is 11.8 Å². The van der Waals surface area contributed by atoms with Gasteiger partial charge in [-0.25, -0.2) is 10.2 Å². The van der Waals surface area contributed by atoms with Gasteiger partial charge in [0.15, 0.2) is 0 Å². The molecular weight excluding hydrogens is 206 g/mol. The van der Waals surface area contributed by atoms with Crippen LogP contribution in [0.25, 0.3) is 0 Å². The van der Waals surface area contributed by atoms with E-state index in [-0.39, 0.29) is 11.9 Å². The van der Waals surface area contributed by atoms with Crippen molar-refractivity contribution >= 4 is 17.6 Å². The third kappa shape index (κ3) is 1.98. The average molecular weight is 219 g/mol. The zero-order valence-corrected chi connectivity index (χ0v) is 9.01. The Labute approximate surface area is 93.6 Å². The first-order chi connectivity index (χ1) is 7.68. The predicted octanol–water partition coefficient (Wildman–Crippen LogP) is 0.980. The van der Waals surface area contributed by atoms with Gasteiger partial charge in [0.05, 0.1) is 18.8 Å². The van der Waals surface area contributed by atoms with Crippen molar-refractivity contribution in [2.24, 2.45) is 0 Å². The average Bonchev–Trinajstić information content (AvgIpc) is 2.29. The van der Waals surface area contributed by atoms with Gasteiger partial charge in [0.1, 0.15) is 0 Å². The van der Waals surface area contributed by atoms with Gasteiger partial charge in [0, 0.05) is 6.92 Å². The van der Waals surface area contributed by atoms with Gasteiger partial charge in [-0.05, 0) is 12.1 Å². The second kappa shape index (κ2) is 4.22. The molecule has 84 valence electrons. The fourth-order valence-electron chi connectivity index (χ4n) is 1.64. The van der Waals surface area contributed by atoms with Crippen molar-refractivity contribution in [3.05, 3.63) is 30.3 Å². The van der Waals surface area contributed by atoms with E-state index in [1.54, 1.807) is 5.01 Å². The molecule has 5 heteroatoms. The molecule has 0 aliphatic carbocycles. The third-order valence-electron chi connectivity index (χ3n) is 2.47. The molecule has 0 unspecified atom stereocenters. The number of imide groups is 1. The van der Waals surface area contributed by atoms with Crippen LogP contribution in [0.5, 0.6) is 0 Å². The second-order valence-corrected chi connectivity index (χ2v) is 3.57. The van der Waals surface area contributed by atoms with Crippen LogP contribution >= 0.6 is 0 Å². The maximum atomic E-state index is 11.6. The zero-order chi connectivity index (χ0) is 11.5. The van der Waals surface area contributed by atoms with Crippen molar-refractivity contribution in [1.82, 2.24) is 10.3 Å². The number of nitrogens with one attached hydrogen (secondary N) is 1. The van der Waals surface area contributed by atoms with Gasteiger partial charge in [-0.1, -0.05) is 18.2 Å². The number of rotatable bonds is 1. The molecule has 1 aromatic carbocycles. The third-order valence-corrected chi connectivity index (χ3v) is 2.47. The number of urea groups is 1. The first-order valence-electron chi connectivity index (χ1n) is 5.10. The molecule has 5 nitrogen and oxygen atoms in total. The van der Waals surface area contributed by atoms with Crippen LogP contribution in [-0.2, 0) is 4.79 Å². The maximum Gasteiger partial charge on any atom is 0.342 e. The van der Waals surface area contributed by atoms with Crippen molar-refractivity contribution in [3.8, 4) is 0 Å². The summed E-state index contributed by atoms with van der Waals surface area (Å²) >= 11 is 0. The molecule has 1 heterocycles. The highest BCUT2D eigenvalue weighted by Crippen LogP contribution is 2.13. The molecule has 1 saturated heterocycles. The molecule has 0 atom stereocenters. The van der Waals surface area contributed by atoms with Crippen molar-refractivity contribution < 1.29 is 9.59 Å². The van der Waals surface area contributed by atoms with Gasteiger partial charge in [-0.3, -0.25) is 14.7 Å². The lowest BCUT2D eigenvalue weighted by molar-refractivity contribution is -0.126. The summed E-state index contributed by atoms with van der Waals surface area (Å²) < 4.78 is 0. The smallest absolute Gasteiger partial charge is 0.282 e. The first kappa shape index (κ1) is 10.5. The number of benzene rings is 1. The fourth-order valence-corrected chi connectivity index (χ4v) is 1.64. The van der Waals surface area contributed by atoms with Gasteiger partial charge in [0.2, 0.25) is 5.91 Å². The van der Waals surface area contributed by atoms with E-state index in [9.17, 15) is 9.59 Å². The molecule has 1 aliphatic rings. The Morgan fingerprint density at radius 2 is 1.94 bits per heavy atom. The van der Waals surface area contributed by atoms with Crippen LogP contribution < -0.4 is 10.4 Å². The van der Waals surface area contributed by atoms with Gasteiger partial charge >= 0.3 is 6.03 Å². The predicted molar refractivity (Wildman–Crippen MR) is 59.7 cm³/mol. The van der Waals surface area contributed by atoms with E-state index in [0.29, 0.717) is 13.1 Å². The molecule has 0 saturated carbocycles. The Hall–Kier alpha value is -2.04. The summed E-state index contributed by atoms with van der Waals surface area (Å²) in [6, 6.07) is 9.16. The topological polar surface area (TPSA) is 52.7 Å². The molecular formula is C11H13N3O2. The van der Waals surface area contributed by atoms with Gasteiger partial charge in [-0.2, -0.15) is 0 Å². The van der Waals surface area contributed by atoms with Gasteiger partial charge < -0.3 is 0 Å². The molecule has 0 spiro atoms. The van der Waals surface area contributed by atoms with E-state index >= 15 is 0 Å². The summed E-state index contributed by atoms with van der Waals surface area (Å²) in [4.78, 5) is 23.9. The molecule has 0 aromatic heterocycles. The van der Waals surface area contributed by atoms with Crippen LogP contribution in [0.3, 0.4) is 0 Å². The molecule has 0 bridgehead atoms. The largest absolute Gasteiger partial charge is 0.342 e. The standard InChI is InChI=1S/C11H13N3O2/c1-9(15)13-7-8-14(12-11(13)16)10-5-3-2-4-6-10/h2-6H,7-8H2,1H3,(H,12,16). The SMILES string of the molecule is CC(=O)N1CCN(c2ccccc2)NC1=O. The Morgan fingerprint density at radius 1 is 1.25 bits per heavy atom. The summed E-state index contributed by atoms with van der Waals surface area (Å²) in [7, 11) is 0. The number of hydrogen-bond donors (Lipinski definition) is 1. The molecule has 1 fully saturated rings. The minimum atomic E-state index is -0.373. The summed E-state index contributed by atoms with van der Waals surface area (Å²) in [5.41, 5.74) is 3.58. The Balaban J connectivity index is 2.08. The highest BCUT2D eigenvalue weighted by molar-refractivity contribution is 5.94. The number of hydrazine groups is 1. The molecule has 1 aliphatic heterocycles. The van der Waals surface area contributed by atoms with E-state index < -0.39 is 0 Å². The quantitative estimate of drug-likeness (QED) is 0.766. The summed E-state index contributed by atoms with van der Waals surface area (Å²) in [6.07, 6.45) is 0. The molecule has 2 rings (SSSR count). The Kier molecular flexibility index (Phi) is 2.76. The molecule has 1 aromatic rings. The van der Waals surface area contributed by atoms with E-state index in [0.717, 1.165) is 5.69 Å². The number of para-hydroxylation sites is 1. The van der Waals surface area contributed by atoms with Crippen LogP contribution in [0, 0.1) is 0 Å². The lowest BCUT2D eigenvalue weighted by Crippen LogP contribution is -2.59. The lowest BCUT2D eigenvalue weighted by Gasteiger charge is -2.34. The number of carbonyl (C=O) groups is 2. The van der Waals surface area contributed by atoms with Crippen molar-refractivity contribution in [2.45, 2.75) is 6.92 Å². The number of nitrogens with zero attached hydrogens (tertiary/aromatic N) is 2. The normalized spacial score (nSPS) is 15.9. The van der Waals surface area contributed by atoms with E-state index in [1.807, 2.05) is 30.3 Å². The summed E-state index contributed by atoms with van der Waals surface area (Å²) in [5.74, 6) is -0.231. The fraction of sp³-hybridized carbons (Fsp3) is 0.273. The van der Waals surface area contributed by atoms with Gasteiger partial charge in [-0.15, -0.1) is 0 Å². The van der Waals surface area contributed by atoms with E-state index in [2.05, 4.69) is 5.43 Å². The Morgan fingerprint density at radius 3 is 2.50 bits per heavy atom. The minimum absolute atomic E-state index is 0.231. The van der Waals surface area contributed by atoms with Crippen molar-refractivity contribution in [3.63, 3.8) is 0 Å². The van der Waals surface area contributed by atoms with Crippen molar-refractivity contribution in [1.29, 1.82) is 0 Å². The number of carbonyl (C=O) groups excluding carboxylic acids is 2. The van der Waals surface area contributed by atoms with E-state index in [4.69, 9.17) is 0 Å². The van der Waals surface area contributed by atoms with Crippen LogP contribution in [0.2, 0.25) is 0 Å². The minimum Gasteiger partial charge on any atom is -0.282 e. The van der Waals surface area contributed by atoms with Crippen molar-refractivity contribution in [2.75, 3.05) is 18.1 Å². The second-order valence-electron chi connectivity index (χ2n) is 3.57. The molecule has 16 heavy (non-hydrogen) atoms. The number of anilines is 1. The first-order valence-corrected chi connectivity index (χ1v) is 5.10. The highest BCUT2D eigenvalue weighted by atomic mass is 16.2. The van der Waals surface area contributed by atoms with Crippen LogP contribution in [0.4, 0.5) is 10.5 Å². The number of hydrogen-bond acceptors (Lipinski definition) is 3. The summed E-state index contributed by atoms with van der Waals surface area (Å²) in [6.45, 7) is 2.39. The molecule has 1 N–H and O–H groups in total. The highest BCUT2D eigenvalue weighted by Gasteiger charge is 2.25. The van der Waals surface area contributed by atoms with Crippen LogP contribution in [0.15, 0.2) is 30.3 Å². The monoisotopic (exact) mass is 219 g/mol. The summed E-state index contributed by atoms with van der Waals surface area (Å²) in [5, 5.41) is 1.74. The van der Waals surface area contributed by atoms with Gasteiger partial charge in [0.25, 0.3) is 0 Å². The maximum absolute atomic E-state index is 11.6. The zero-order valence-electron chi connectivity index (χ0n) is 9.01. The molecule has 3 amide bonds. The van der Waals surface area contributed by atoms with Crippen LogP contribution in [-0.4, -0.2) is 29.9 Å². The Bertz CT molecular complexity index is 405.